The zero-order valence-electron chi connectivity index (χ0n) is 17.5. The maximum absolute atomic E-state index is 11.6. The molecule has 2 aliphatic rings. The Hall–Kier alpha value is -1.51. The summed E-state index contributed by atoms with van der Waals surface area (Å²) in [4.78, 5) is 22.9. The molecule has 0 saturated carbocycles. The quantitative estimate of drug-likeness (QED) is 0.121. The Bertz CT molecular complexity index is 793. The lowest BCUT2D eigenvalue weighted by atomic mass is 9.95. The second kappa shape index (κ2) is 11.3. The highest BCUT2D eigenvalue weighted by Crippen LogP contribution is 2.30. The van der Waals surface area contributed by atoms with Crippen LogP contribution in [0.4, 0.5) is 0 Å². The average Bonchev–Trinajstić information content (AvgIpc) is 2.70. The standard InChI is InChI=1S/C16H27NO15S/c1-5(19)17-9-11(22)10(21)7(3-18)31-16(9)32-13-8(4-28-33(25,26)27)30-15(24)14(12(13)23)29-6(2)20/h7-16,18,21-24H,3-4H2,1-2H3,(H,17,19)(H,25,26,27)/t7-,8-,9-,10-,11-,12+,13-,14-,15+,16+/m1/s1. The Morgan fingerprint density at radius 3 is 2.12 bits per heavy atom. The largest absolute Gasteiger partial charge is 0.454 e. The van der Waals surface area contributed by atoms with Crippen LogP contribution in [-0.2, 0) is 43.1 Å². The smallest absolute Gasteiger partial charge is 0.397 e. The summed E-state index contributed by atoms with van der Waals surface area (Å²) < 4.78 is 55.9. The van der Waals surface area contributed by atoms with Crippen molar-refractivity contribution < 1.29 is 71.2 Å². The van der Waals surface area contributed by atoms with Crippen LogP contribution in [0.2, 0.25) is 0 Å². The number of aliphatic hydroxyl groups is 5. The number of nitrogens with one attached hydrogen (secondary N) is 1. The summed E-state index contributed by atoms with van der Waals surface area (Å²) >= 11 is 0. The van der Waals surface area contributed by atoms with Crippen molar-refractivity contribution in [1.82, 2.24) is 5.32 Å². The Kier molecular flexibility index (Phi) is 9.48. The van der Waals surface area contributed by atoms with Gasteiger partial charge in [0.25, 0.3) is 0 Å². The summed E-state index contributed by atoms with van der Waals surface area (Å²) in [6.07, 6.45) is -15.3. The van der Waals surface area contributed by atoms with Crippen molar-refractivity contribution in [2.75, 3.05) is 13.2 Å². The van der Waals surface area contributed by atoms with Gasteiger partial charge in [-0.05, 0) is 0 Å². The minimum absolute atomic E-state index is 0.675. The number of carbonyl (C=O) groups is 2. The SMILES string of the molecule is CC(=O)N[C@H]1[C@H](O[C@H]2[C@H](O)[C@@H](OC(C)=O)[C@@H](O)O[C@@H]2COS(=O)(=O)O)O[C@H](CO)[C@@H](O)[C@@H]1O. The van der Waals surface area contributed by atoms with Crippen molar-refractivity contribution in [1.29, 1.82) is 0 Å². The van der Waals surface area contributed by atoms with Crippen molar-refractivity contribution in [2.24, 2.45) is 0 Å². The van der Waals surface area contributed by atoms with Crippen LogP contribution < -0.4 is 5.32 Å². The van der Waals surface area contributed by atoms with Crippen molar-refractivity contribution in [2.45, 2.75) is 75.2 Å². The van der Waals surface area contributed by atoms with Crippen molar-refractivity contribution in [3.05, 3.63) is 0 Å². The topological polar surface area (TPSA) is 248 Å². The molecule has 0 radical (unpaired) electrons. The van der Waals surface area contributed by atoms with E-state index in [4.69, 9.17) is 23.5 Å². The maximum atomic E-state index is 11.6. The summed E-state index contributed by atoms with van der Waals surface area (Å²) in [5.41, 5.74) is 0. The molecule has 16 nitrogen and oxygen atoms in total. The fourth-order valence-corrected chi connectivity index (χ4v) is 3.73. The van der Waals surface area contributed by atoms with Gasteiger partial charge >= 0.3 is 16.4 Å². The van der Waals surface area contributed by atoms with Crippen molar-refractivity contribution in [3.63, 3.8) is 0 Å². The van der Waals surface area contributed by atoms with Crippen LogP contribution in [0, 0.1) is 0 Å². The van der Waals surface area contributed by atoms with Gasteiger partial charge in [0.2, 0.25) is 5.91 Å². The molecular weight excluding hydrogens is 478 g/mol. The third-order valence-electron chi connectivity index (χ3n) is 4.86. The molecule has 2 heterocycles. The van der Waals surface area contributed by atoms with E-state index < -0.39 is 96.8 Å². The molecule has 2 aliphatic heterocycles. The van der Waals surface area contributed by atoms with E-state index in [2.05, 4.69) is 9.50 Å². The van der Waals surface area contributed by atoms with Crippen molar-refractivity contribution in [3.8, 4) is 0 Å². The third kappa shape index (κ3) is 7.23. The van der Waals surface area contributed by atoms with Gasteiger partial charge in [0.05, 0.1) is 13.2 Å². The molecule has 0 spiro atoms. The zero-order valence-corrected chi connectivity index (χ0v) is 18.3. The average molecular weight is 505 g/mol. The van der Waals surface area contributed by atoms with Gasteiger partial charge in [0.1, 0.15) is 42.7 Å². The van der Waals surface area contributed by atoms with Crippen LogP contribution in [0.5, 0.6) is 0 Å². The molecule has 0 aliphatic carbocycles. The van der Waals surface area contributed by atoms with Crippen molar-refractivity contribution >= 4 is 22.3 Å². The highest BCUT2D eigenvalue weighted by Gasteiger charge is 2.52. The molecule has 0 bridgehead atoms. The third-order valence-corrected chi connectivity index (χ3v) is 5.29. The van der Waals surface area contributed by atoms with Crippen LogP contribution in [0.3, 0.4) is 0 Å². The minimum atomic E-state index is -4.98. The molecule has 0 aromatic heterocycles. The first-order valence-corrected chi connectivity index (χ1v) is 11.0. The normalized spacial score (nSPS) is 39.6. The van der Waals surface area contributed by atoms with Gasteiger partial charge in [-0.2, -0.15) is 8.42 Å². The first kappa shape index (κ1) is 27.7. The maximum Gasteiger partial charge on any atom is 0.397 e. The van der Waals surface area contributed by atoms with Crippen LogP contribution in [-0.4, -0.2) is 125 Å². The van der Waals surface area contributed by atoms with Crippen LogP contribution in [0.25, 0.3) is 0 Å². The van der Waals surface area contributed by atoms with Crippen LogP contribution >= 0.6 is 0 Å². The van der Waals surface area contributed by atoms with Crippen LogP contribution in [0.1, 0.15) is 13.8 Å². The molecule has 7 N–H and O–H groups in total. The van der Waals surface area contributed by atoms with Gasteiger partial charge in [-0.15, -0.1) is 0 Å². The van der Waals surface area contributed by atoms with E-state index in [9.17, 15) is 43.5 Å². The first-order valence-electron chi connectivity index (χ1n) is 9.60. The lowest BCUT2D eigenvalue weighted by Gasteiger charge is -2.47. The van der Waals surface area contributed by atoms with Gasteiger partial charge in [0, 0.05) is 13.8 Å². The fourth-order valence-electron chi connectivity index (χ4n) is 3.43. The monoisotopic (exact) mass is 505 g/mol. The second-order valence-electron chi connectivity index (χ2n) is 7.38. The van der Waals surface area contributed by atoms with E-state index >= 15 is 0 Å². The number of hydrogen-bond acceptors (Lipinski definition) is 14. The summed E-state index contributed by atoms with van der Waals surface area (Å²) in [7, 11) is -4.98. The Morgan fingerprint density at radius 1 is 0.970 bits per heavy atom. The van der Waals surface area contributed by atoms with E-state index in [1.807, 2.05) is 0 Å². The van der Waals surface area contributed by atoms with Gasteiger partial charge in [-0.3, -0.25) is 14.1 Å². The van der Waals surface area contributed by atoms with Gasteiger partial charge in [-0.25, -0.2) is 4.18 Å². The molecule has 33 heavy (non-hydrogen) atoms. The lowest BCUT2D eigenvalue weighted by Crippen LogP contribution is -2.67. The molecule has 2 fully saturated rings. The molecular formula is C16H27NO15S. The van der Waals surface area contributed by atoms with E-state index in [0.717, 1.165) is 13.8 Å². The molecule has 17 heteroatoms. The number of hydrogen-bond donors (Lipinski definition) is 7. The first-order chi connectivity index (χ1) is 15.2. The highest BCUT2D eigenvalue weighted by molar-refractivity contribution is 7.80. The van der Waals surface area contributed by atoms with E-state index in [-0.39, 0.29) is 0 Å². The van der Waals surface area contributed by atoms with E-state index in [0.29, 0.717) is 0 Å². The number of aliphatic hydroxyl groups excluding tert-OH is 5. The van der Waals surface area contributed by atoms with Gasteiger partial charge in [-0.1, -0.05) is 0 Å². The Balaban J connectivity index is 2.35. The zero-order chi connectivity index (χ0) is 25.1. The minimum Gasteiger partial charge on any atom is -0.454 e. The number of rotatable bonds is 8. The number of amides is 1. The molecule has 0 aromatic carbocycles. The van der Waals surface area contributed by atoms with Gasteiger partial charge < -0.3 is 49.8 Å². The van der Waals surface area contributed by atoms with Crippen LogP contribution in [0.15, 0.2) is 0 Å². The van der Waals surface area contributed by atoms with E-state index in [1.165, 1.54) is 0 Å². The summed E-state index contributed by atoms with van der Waals surface area (Å²) in [5, 5.41) is 52.9. The summed E-state index contributed by atoms with van der Waals surface area (Å²) in [6.45, 7) is 0.293. The fraction of sp³-hybridized carbons (Fsp3) is 0.875. The lowest BCUT2D eigenvalue weighted by molar-refractivity contribution is -0.341. The molecule has 0 aromatic rings. The molecule has 2 saturated heterocycles. The predicted molar refractivity (Wildman–Crippen MR) is 100 cm³/mol. The number of ether oxygens (including phenoxy) is 4. The number of esters is 1. The molecule has 1 amide bonds. The summed E-state index contributed by atoms with van der Waals surface area (Å²) in [5.74, 6) is -1.59. The molecule has 2 rings (SSSR count). The molecule has 0 unspecified atom stereocenters. The van der Waals surface area contributed by atoms with Gasteiger partial charge in [0.15, 0.2) is 18.7 Å². The summed E-state index contributed by atoms with van der Waals surface area (Å²) in [6, 6.07) is -1.45. The highest BCUT2D eigenvalue weighted by atomic mass is 32.3. The number of carbonyl (C=O) groups excluding carboxylic acids is 2. The Labute approximate surface area is 187 Å². The molecule has 10 atom stereocenters. The predicted octanol–water partition coefficient (Wildman–Crippen LogP) is -4.86. The van der Waals surface area contributed by atoms with E-state index in [1.54, 1.807) is 0 Å². The Morgan fingerprint density at radius 2 is 1.61 bits per heavy atom. The second-order valence-corrected chi connectivity index (χ2v) is 8.47. The molecule has 192 valence electrons.